The first-order chi connectivity index (χ1) is 8.29. The van der Waals surface area contributed by atoms with Gasteiger partial charge in [0, 0.05) is 16.6 Å². The lowest BCUT2D eigenvalue weighted by Crippen LogP contribution is -2.29. The van der Waals surface area contributed by atoms with E-state index >= 15 is 0 Å². The number of rotatable bonds is 4. The molecular weight excluding hydrogens is 300 g/mol. The average Bonchev–Trinajstić information content (AvgIpc) is 2.19. The monoisotopic (exact) mass is 311 g/mol. The van der Waals surface area contributed by atoms with Crippen LogP contribution in [0.3, 0.4) is 0 Å². The number of benzene rings is 1. The summed E-state index contributed by atoms with van der Waals surface area (Å²) in [5.41, 5.74) is 6.00. The Bertz CT molecular complexity index is 484. The highest BCUT2D eigenvalue weighted by molar-refractivity contribution is 7.50. The van der Waals surface area contributed by atoms with Crippen LogP contribution < -0.4 is 10.8 Å². The molecule has 1 aromatic rings. The first kappa shape index (κ1) is 15.3. The molecular formula is C9H12Cl2N3O3P. The van der Waals surface area contributed by atoms with E-state index in [2.05, 4.69) is 4.99 Å². The highest BCUT2D eigenvalue weighted by Gasteiger charge is 2.12. The number of hydrogen-bond acceptors (Lipinski definition) is 2. The lowest BCUT2D eigenvalue weighted by molar-refractivity contribution is 0.367. The fourth-order valence-electron chi connectivity index (χ4n) is 1.24. The minimum atomic E-state index is -4.41. The van der Waals surface area contributed by atoms with Crippen LogP contribution >= 0.6 is 30.9 Å². The summed E-state index contributed by atoms with van der Waals surface area (Å²) in [5, 5.41) is 2.79. The second kappa shape index (κ2) is 6.41. The normalized spacial score (nSPS) is 12.6. The van der Waals surface area contributed by atoms with Gasteiger partial charge >= 0.3 is 7.75 Å². The number of nitrogens with two attached hydrogens (primary N) is 1. The Kier molecular flexibility index (Phi) is 5.44. The van der Waals surface area contributed by atoms with Gasteiger partial charge in [-0.05, 0) is 24.1 Å². The fourth-order valence-corrected chi connectivity index (χ4v) is 2.20. The Balaban J connectivity index is 2.61. The molecule has 0 radical (unpaired) electrons. The van der Waals surface area contributed by atoms with E-state index in [9.17, 15) is 4.57 Å². The molecule has 0 aliphatic rings. The zero-order chi connectivity index (χ0) is 13.8. The molecule has 0 amide bonds. The molecule has 1 aromatic carbocycles. The van der Waals surface area contributed by atoms with Gasteiger partial charge in [0.1, 0.15) is 0 Å². The van der Waals surface area contributed by atoms with Gasteiger partial charge < -0.3 is 15.5 Å². The summed E-state index contributed by atoms with van der Waals surface area (Å²) in [7, 11) is -4.41. The molecule has 18 heavy (non-hydrogen) atoms. The van der Waals surface area contributed by atoms with Gasteiger partial charge in [0.15, 0.2) is 5.96 Å². The molecule has 0 unspecified atom stereocenters. The third-order valence-electron chi connectivity index (χ3n) is 1.97. The van der Waals surface area contributed by atoms with Crippen LogP contribution in [-0.4, -0.2) is 22.3 Å². The van der Waals surface area contributed by atoms with Gasteiger partial charge in [-0.25, -0.2) is 4.57 Å². The maximum Gasteiger partial charge on any atom is 0.429 e. The maximum absolute atomic E-state index is 10.6. The smallest absolute Gasteiger partial charge is 0.370 e. The van der Waals surface area contributed by atoms with E-state index < -0.39 is 7.75 Å². The summed E-state index contributed by atoms with van der Waals surface area (Å²) in [6.07, 6.45) is 0.419. The van der Waals surface area contributed by atoms with Crippen LogP contribution in [0.5, 0.6) is 0 Å². The topological polar surface area (TPSA) is 108 Å². The molecule has 0 aliphatic heterocycles. The summed E-state index contributed by atoms with van der Waals surface area (Å²) >= 11 is 11.9. The van der Waals surface area contributed by atoms with E-state index in [1.165, 1.54) is 0 Å². The van der Waals surface area contributed by atoms with Gasteiger partial charge in [0.2, 0.25) is 0 Å². The van der Waals surface area contributed by atoms with Crippen LogP contribution in [-0.2, 0) is 11.0 Å². The molecule has 1 rings (SSSR count). The maximum atomic E-state index is 10.6. The van der Waals surface area contributed by atoms with Crippen molar-refractivity contribution in [2.75, 3.05) is 6.54 Å². The Morgan fingerprint density at radius 3 is 2.44 bits per heavy atom. The van der Waals surface area contributed by atoms with Crippen molar-refractivity contribution in [2.24, 2.45) is 10.7 Å². The largest absolute Gasteiger partial charge is 0.429 e. The van der Waals surface area contributed by atoms with Crippen molar-refractivity contribution in [1.82, 2.24) is 5.09 Å². The minimum absolute atomic E-state index is 0.211. The van der Waals surface area contributed by atoms with Gasteiger partial charge in [0.05, 0.1) is 0 Å². The van der Waals surface area contributed by atoms with Gasteiger partial charge in [-0.3, -0.25) is 10.1 Å². The van der Waals surface area contributed by atoms with E-state index in [1.54, 1.807) is 23.3 Å². The second-order valence-electron chi connectivity index (χ2n) is 3.37. The molecule has 0 atom stereocenters. The Morgan fingerprint density at radius 1 is 1.39 bits per heavy atom. The molecule has 0 saturated heterocycles. The molecule has 0 heterocycles. The Morgan fingerprint density at radius 2 is 1.94 bits per heavy atom. The quantitative estimate of drug-likeness (QED) is 0.383. The Hall–Kier alpha value is -0.780. The van der Waals surface area contributed by atoms with Crippen molar-refractivity contribution in [3.05, 3.63) is 33.8 Å². The summed E-state index contributed by atoms with van der Waals surface area (Å²) in [6.45, 7) is 0.211. The van der Waals surface area contributed by atoms with Gasteiger partial charge in [-0.2, -0.15) is 0 Å². The molecule has 6 nitrogen and oxygen atoms in total. The molecule has 9 heteroatoms. The van der Waals surface area contributed by atoms with Crippen molar-refractivity contribution in [3.63, 3.8) is 0 Å². The van der Waals surface area contributed by atoms with Crippen molar-refractivity contribution in [3.8, 4) is 0 Å². The summed E-state index contributed by atoms with van der Waals surface area (Å²) in [6, 6.07) is 5.12. The van der Waals surface area contributed by atoms with Crippen molar-refractivity contribution in [1.29, 1.82) is 0 Å². The molecule has 5 N–H and O–H groups in total. The molecule has 0 bridgehead atoms. The van der Waals surface area contributed by atoms with E-state index in [1.807, 2.05) is 0 Å². The number of nitrogens with one attached hydrogen (secondary N) is 1. The highest BCUT2D eigenvalue weighted by atomic mass is 35.5. The van der Waals surface area contributed by atoms with Crippen molar-refractivity contribution >= 4 is 36.9 Å². The first-order valence-corrected chi connectivity index (χ1v) is 7.23. The number of guanidine groups is 1. The van der Waals surface area contributed by atoms with E-state index in [4.69, 9.17) is 38.7 Å². The first-order valence-electron chi connectivity index (χ1n) is 4.86. The number of halogens is 2. The van der Waals surface area contributed by atoms with Crippen molar-refractivity contribution in [2.45, 2.75) is 6.42 Å². The lowest BCUT2D eigenvalue weighted by atomic mass is 10.1. The van der Waals surface area contributed by atoms with Crippen molar-refractivity contribution < 1.29 is 14.4 Å². The number of nitrogens with zero attached hydrogens (tertiary/aromatic N) is 1. The fraction of sp³-hybridized carbons (Fsp3) is 0.222. The van der Waals surface area contributed by atoms with Crippen LogP contribution in [0, 0.1) is 0 Å². The van der Waals surface area contributed by atoms with E-state index in [0.29, 0.717) is 22.0 Å². The molecule has 0 aromatic heterocycles. The van der Waals surface area contributed by atoms with Gasteiger partial charge in [-0.15, -0.1) is 0 Å². The second-order valence-corrected chi connectivity index (χ2v) is 5.50. The molecule has 0 fully saturated rings. The van der Waals surface area contributed by atoms with Crippen LogP contribution in [0.25, 0.3) is 0 Å². The third-order valence-corrected chi connectivity index (χ3v) is 3.19. The minimum Gasteiger partial charge on any atom is -0.370 e. The summed E-state index contributed by atoms with van der Waals surface area (Å²) in [4.78, 5) is 20.9. The van der Waals surface area contributed by atoms with Crippen LogP contribution in [0.4, 0.5) is 0 Å². The predicted octanol–water partition coefficient (Wildman–Crippen LogP) is 1.53. The summed E-state index contributed by atoms with van der Waals surface area (Å²) in [5.74, 6) is -0.327. The SMILES string of the molecule is NC(=NCCc1c(Cl)cccc1Cl)NP(=O)(O)O. The molecule has 0 aliphatic carbocycles. The third kappa shape index (κ3) is 5.25. The standard InChI is InChI=1S/C9H12Cl2N3O3P/c10-7-2-1-3-8(11)6(7)4-5-13-9(12)14-18(15,16)17/h1-3H,4-5H2,(H5,12,13,14,15,16,17). The van der Waals surface area contributed by atoms with E-state index in [-0.39, 0.29) is 12.5 Å². The van der Waals surface area contributed by atoms with Gasteiger partial charge in [-0.1, -0.05) is 29.3 Å². The van der Waals surface area contributed by atoms with Gasteiger partial charge in [0.25, 0.3) is 0 Å². The van der Waals surface area contributed by atoms with Crippen LogP contribution in [0.1, 0.15) is 5.56 Å². The van der Waals surface area contributed by atoms with Crippen LogP contribution in [0.15, 0.2) is 23.2 Å². The lowest BCUT2D eigenvalue weighted by Gasteiger charge is -2.07. The molecule has 100 valence electrons. The number of hydrogen-bond donors (Lipinski definition) is 4. The molecule has 0 saturated carbocycles. The Labute approximate surface area is 114 Å². The van der Waals surface area contributed by atoms with Crippen LogP contribution in [0.2, 0.25) is 10.0 Å². The number of aliphatic imine (C=N–C) groups is 1. The highest BCUT2D eigenvalue weighted by Crippen LogP contribution is 2.27. The summed E-state index contributed by atoms with van der Waals surface area (Å²) < 4.78 is 10.6. The predicted molar refractivity (Wildman–Crippen MR) is 71.8 cm³/mol. The van der Waals surface area contributed by atoms with E-state index in [0.717, 1.165) is 0 Å². The zero-order valence-electron chi connectivity index (χ0n) is 9.18. The molecule has 0 spiro atoms. The average molecular weight is 312 g/mol. The zero-order valence-corrected chi connectivity index (χ0v) is 11.6.